The summed E-state index contributed by atoms with van der Waals surface area (Å²) in [6.45, 7) is 1.96. The monoisotopic (exact) mass is 378 g/mol. The maximum atomic E-state index is 6.13. The number of rotatable bonds is 4. The van der Waals surface area contributed by atoms with Crippen molar-refractivity contribution in [3.05, 3.63) is 65.0 Å². The summed E-state index contributed by atoms with van der Waals surface area (Å²) in [5, 5.41) is 4.36. The Balaban J connectivity index is 1.95. The first kappa shape index (κ1) is 17.3. The van der Waals surface area contributed by atoms with Crippen molar-refractivity contribution in [2.24, 2.45) is 4.99 Å². The first-order chi connectivity index (χ1) is 13.2. The number of nitrogens with zero attached hydrogens (tertiary/aromatic N) is 2. The molecular weight excluding hydrogens is 360 g/mol. The summed E-state index contributed by atoms with van der Waals surface area (Å²) in [6, 6.07) is 15.4. The van der Waals surface area contributed by atoms with Crippen molar-refractivity contribution in [3.8, 4) is 22.8 Å². The Kier molecular flexibility index (Phi) is 4.64. The molecule has 0 aliphatic carbocycles. The van der Waals surface area contributed by atoms with E-state index in [1.807, 2.05) is 60.8 Å². The predicted octanol–water partition coefficient (Wildman–Crippen LogP) is 5.11. The van der Waals surface area contributed by atoms with Crippen LogP contribution < -0.4 is 14.8 Å². The Hall–Kier alpha value is -3.12. The van der Waals surface area contributed by atoms with Gasteiger partial charge in [0, 0.05) is 22.4 Å². The van der Waals surface area contributed by atoms with Gasteiger partial charge in [-0.05, 0) is 49.4 Å². The third kappa shape index (κ3) is 3.57. The molecule has 5 nitrogen and oxygen atoms in total. The van der Waals surface area contributed by atoms with Gasteiger partial charge in [-0.1, -0.05) is 0 Å². The molecule has 136 valence electrons. The molecule has 0 aliphatic rings. The van der Waals surface area contributed by atoms with Crippen LogP contribution in [0.4, 0.5) is 5.13 Å². The van der Waals surface area contributed by atoms with E-state index in [4.69, 9.17) is 18.9 Å². The van der Waals surface area contributed by atoms with E-state index in [-0.39, 0.29) is 0 Å². The first-order valence-corrected chi connectivity index (χ1v) is 9.27. The summed E-state index contributed by atoms with van der Waals surface area (Å²) >= 11 is 1.51. The van der Waals surface area contributed by atoms with Crippen molar-refractivity contribution in [1.82, 2.24) is 4.98 Å². The predicted molar refractivity (Wildman–Crippen MR) is 107 cm³/mol. The second kappa shape index (κ2) is 7.25. The number of benzene rings is 2. The van der Waals surface area contributed by atoms with Crippen LogP contribution in [-0.2, 0) is 0 Å². The lowest BCUT2D eigenvalue weighted by atomic mass is 10.1. The average Bonchev–Trinajstić information content (AvgIpc) is 3.12. The highest BCUT2D eigenvalue weighted by Gasteiger charge is 2.08. The molecule has 2 aromatic heterocycles. The van der Waals surface area contributed by atoms with Gasteiger partial charge in [-0.15, -0.1) is 11.3 Å². The van der Waals surface area contributed by atoms with Crippen LogP contribution in [0.3, 0.4) is 0 Å². The minimum Gasteiger partial charge on any atom is -0.497 e. The highest BCUT2D eigenvalue weighted by atomic mass is 32.1. The molecule has 0 N–H and O–H groups in total. The molecular formula is C21H18N2O3S. The van der Waals surface area contributed by atoms with Gasteiger partial charge in [0.25, 0.3) is 0 Å². The second-order valence-corrected chi connectivity index (χ2v) is 6.81. The molecule has 0 unspecified atom stereocenters. The number of hydrogen-bond donors (Lipinski definition) is 0. The van der Waals surface area contributed by atoms with E-state index in [1.54, 1.807) is 14.2 Å². The van der Waals surface area contributed by atoms with Crippen LogP contribution in [0.15, 0.2) is 63.3 Å². The summed E-state index contributed by atoms with van der Waals surface area (Å²) in [5.41, 5.74) is 2.63. The third-order valence-corrected chi connectivity index (χ3v) is 5.00. The van der Waals surface area contributed by atoms with E-state index in [1.165, 1.54) is 11.3 Å². The average molecular weight is 378 g/mol. The molecule has 0 bridgehead atoms. The van der Waals surface area contributed by atoms with Crippen molar-refractivity contribution >= 4 is 27.4 Å². The van der Waals surface area contributed by atoms with E-state index < -0.39 is 0 Å². The van der Waals surface area contributed by atoms with Crippen LogP contribution in [0.1, 0.15) is 5.69 Å². The number of aromatic nitrogens is 1. The van der Waals surface area contributed by atoms with Crippen molar-refractivity contribution in [1.29, 1.82) is 0 Å². The number of methoxy groups -OCH3 is 2. The molecule has 0 radical (unpaired) electrons. The summed E-state index contributed by atoms with van der Waals surface area (Å²) in [5.74, 6) is 2.27. The topological polar surface area (TPSA) is 56.9 Å². The van der Waals surface area contributed by atoms with Gasteiger partial charge in [0.15, 0.2) is 0 Å². The number of aryl methyl sites for hydroxylation is 1. The van der Waals surface area contributed by atoms with Crippen LogP contribution in [0.2, 0.25) is 0 Å². The molecule has 0 spiro atoms. The Morgan fingerprint density at radius 1 is 0.963 bits per heavy atom. The van der Waals surface area contributed by atoms with Gasteiger partial charge in [-0.3, -0.25) is 0 Å². The summed E-state index contributed by atoms with van der Waals surface area (Å²) in [4.78, 5) is 9.21. The zero-order chi connectivity index (χ0) is 18.8. The molecule has 0 aliphatic heterocycles. The van der Waals surface area contributed by atoms with Crippen LogP contribution in [-0.4, -0.2) is 19.2 Å². The van der Waals surface area contributed by atoms with Crippen LogP contribution in [0, 0.1) is 6.92 Å². The van der Waals surface area contributed by atoms with Crippen LogP contribution >= 0.6 is 11.3 Å². The largest absolute Gasteiger partial charge is 0.497 e. The molecule has 2 aromatic carbocycles. The zero-order valence-electron chi connectivity index (χ0n) is 15.2. The maximum Gasteiger partial charge on any atom is 0.209 e. The molecule has 2 heterocycles. The molecule has 0 fully saturated rings. The molecule has 0 atom stereocenters. The highest BCUT2D eigenvalue weighted by molar-refractivity contribution is 7.13. The Bertz CT molecular complexity index is 1160. The fourth-order valence-electron chi connectivity index (χ4n) is 2.76. The number of hydrogen-bond acceptors (Lipinski definition) is 6. The van der Waals surface area contributed by atoms with E-state index in [0.29, 0.717) is 5.13 Å². The summed E-state index contributed by atoms with van der Waals surface area (Å²) < 4.78 is 16.7. The van der Waals surface area contributed by atoms with Gasteiger partial charge in [0.05, 0.1) is 25.3 Å². The number of fused-ring (bicyclic) bond motifs is 1. The SMILES string of the molecule is COc1ccc(-c2cc(=Nc3nc(C)cs3)c3cc(OC)ccc3o2)cc1. The van der Waals surface area contributed by atoms with Gasteiger partial charge < -0.3 is 13.9 Å². The molecule has 0 amide bonds. The van der Waals surface area contributed by atoms with Crippen molar-refractivity contribution in [3.63, 3.8) is 0 Å². The Labute approximate surface area is 160 Å². The van der Waals surface area contributed by atoms with Crippen molar-refractivity contribution < 1.29 is 13.9 Å². The van der Waals surface area contributed by atoms with E-state index in [9.17, 15) is 0 Å². The third-order valence-electron chi connectivity index (χ3n) is 4.15. The van der Waals surface area contributed by atoms with Gasteiger partial charge in [-0.2, -0.15) is 0 Å². The highest BCUT2D eigenvalue weighted by Crippen LogP contribution is 2.27. The lowest BCUT2D eigenvalue weighted by Crippen LogP contribution is -2.03. The minimum atomic E-state index is 0.712. The smallest absolute Gasteiger partial charge is 0.209 e. The lowest BCUT2D eigenvalue weighted by Gasteiger charge is -2.07. The van der Waals surface area contributed by atoms with Crippen LogP contribution in [0.5, 0.6) is 11.5 Å². The maximum absolute atomic E-state index is 6.13. The molecule has 4 rings (SSSR count). The normalized spacial score (nSPS) is 11.7. The molecule has 0 saturated heterocycles. The number of ether oxygens (including phenoxy) is 2. The van der Waals surface area contributed by atoms with Crippen LogP contribution in [0.25, 0.3) is 22.3 Å². The molecule has 0 saturated carbocycles. The summed E-state index contributed by atoms with van der Waals surface area (Å²) in [7, 11) is 3.29. The molecule has 27 heavy (non-hydrogen) atoms. The van der Waals surface area contributed by atoms with Gasteiger partial charge in [0.2, 0.25) is 5.13 Å². The zero-order valence-corrected chi connectivity index (χ0v) is 16.0. The lowest BCUT2D eigenvalue weighted by molar-refractivity contribution is 0.414. The van der Waals surface area contributed by atoms with Crippen molar-refractivity contribution in [2.45, 2.75) is 6.92 Å². The van der Waals surface area contributed by atoms with Crippen molar-refractivity contribution in [2.75, 3.05) is 14.2 Å². The standard InChI is InChI=1S/C21H18N2O3S/c1-13-12-27-21(22-13)23-18-11-20(14-4-6-15(24-2)7-5-14)26-19-9-8-16(25-3)10-17(18)19/h4-12H,1-3H3. The molecule has 4 aromatic rings. The fraction of sp³-hybridized carbons (Fsp3) is 0.143. The number of thiazole rings is 1. The van der Waals surface area contributed by atoms with E-state index >= 15 is 0 Å². The van der Waals surface area contributed by atoms with E-state index in [2.05, 4.69) is 4.98 Å². The Morgan fingerprint density at radius 2 is 1.70 bits per heavy atom. The van der Waals surface area contributed by atoms with Gasteiger partial charge >= 0.3 is 0 Å². The molecule has 6 heteroatoms. The second-order valence-electron chi connectivity index (χ2n) is 5.97. The van der Waals surface area contributed by atoms with Gasteiger partial charge in [0.1, 0.15) is 22.8 Å². The summed E-state index contributed by atoms with van der Waals surface area (Å²) in [6.07, 6.45) is 0. The fourth-order valence-corrected chi connectivity index (χ4v) is 3.44. The van der Waals surface area contributed by atoms with Gasteiger partial charge in [-0.25, -0.2) is 9.98 Å². The van der Waals surface area contributed by atoms with E-state index in [0.717, 1.165) is 44.8 Å². The quantitative estimate of drug-likeness (QED) is 0.495. The minimum absolute atomic E-state index is 0.712. The Morgan fingerprint density at radius 3 is 2.37 bits per heavy atom. The first-order valence-electron chi connectivity index (χ1n) is 8.39.